The standard InChI is InChI=1S/C12H14FN3S/c1-16-8-7-15-12(16)17-11-4-2-3-10(13)9(11)5-6-14/h2-4,7-8H,5-6,14H2,1H3. The Morgan fingerprint density at radius 2 is 2.29 bits per heavy atom. The molecule has 0 radical (unpaired) electrons. The first kappa shape index (κ1) is 12.1. The summed E-state index contributed by atoms with van der Waals surface area (Å²) in [6.45, 7) is 0.440. The normalized spacial score (nSPS) is 10.8. The first-order valence-electron chi connectivity index (χ1n) is 5.35. The van der Waals surface area contributed by atoms with Crippen LogP contribution in [0.15, 0.2) is 40.6 Å². The van der Waals surface area contributed by atoms with Gasteiger partial charge in [-0.25, -0.2) is 9.37 Å². The first-order chi connectivity index (χ1) is 8.22. The molecule has 5 heteroatoms. The monoisotopic (exact) mass is 251 g/mol. The summed E-state index contributed by atoms with van der Waals surface area (Å²) in [5.74, 6) is -0.199. The number of aryl methyl sites for hydroxylation is 1. The molecule has 0 fully saturated rings. The van der Waals surface area contributed by atoms with Crippen molar-refractivity contribution in [3.63, 3.8) is 0 Å². The highest BCUT2D eigenvalue weighted by Crippen LogP contribution is 2.30. The Hall–Kier alpha value is -1.33. The zero-order valence-corrected chi connectivity index (χ0v) is 10.4. The highest BCUT2D eigenvalue weighted by Gasteiger charge is 2.10. The fourth-order valence-corrected chi connectivity index (χ4v) is 2.55. The molecule has 0 aliphatic rings. The van der Waals surface area contributed by atoms with Gasteiger partial charge in [0.2, 0.25) is 0 Å². The number of nitrogens with zero attached hydrogens (tertiary/aromatic N) is 2. The van der Waals surface area contributed by atoms with Gasteiger partial charge in [-0.3, -0.25) is 0 Å². The van der Waals surface area contributed by atoms with E-state index < -0.39 is 0 Å². The maximum absolute atomic E-state index is 13.7. The number of hydrogen-bond donors (Lipinski definition) is 1. The van der Waals surface area contributed by atoms with Crippen molar-refractivity contribution in [3.05, 3.63) is 42.0 Å². The molecular weight excluding hydrogens is 237 g/mol. The van der Waals surface area contributed by atoms with E-state index in [0.29, 0.717) is 18.5 Å². The third-order valence-corrected chi connectivity index (χ3v) is 3.63. The molecule has 0 bridgehead atoms. The van der Waals surface area contributed by atoms with Crippen molar-refractivity contribution in [3.8, 4) is 0 Å². The average Bonchev–Trinajstić information content (AvgIpc) is 2.70. The SMILES string of the molecule is Cn1ccnc1Sc1cccc(F)c1CCN. The predicted molar refractivity (Wildman–Crippen MR) is 66.5 cm³/mol. The summed E-state index contributed by atoms with van der Waals surface area (Å²) >= 11 is 1.46. The smallest absolute Gasteiger partial charge is 0.172 e. The Labute approximate surface area is 104 Å². The number of nitrogens with two attached hydrogens (primary N) is 1. The summed E-state index contributed by atoms with van der Waals surface area (Å²) in [6, 6.07) is 5.07. The molecular formula is C12H14FN3S. The topological polar surface area (TPSA) is 43.8 Å². The maximum Gasteiger partial charge on any atom is 0.172 e. The van der Waals surface area contributed by atoms with Crippen LogP contribution in [0.3, 0.4) is 0 Å². The van der Waals surface area contributed by atoms with Crippen molar-refractivity contribution < 1.29 is 4.39 Å². The van der Waals surface area contributed by atoms with Crippen LogP contribution in [0.1, 0.15) is 5.56 Å². The number of imidazole rings is 1. The second-order valence-corrected chi connectivity index (χ2v) is 4.69. The summed E-state index contributed by atoms with van der Waals surface area (Å²) in [7, 11) is 1.91. The molecule has 2 aromatic rings. The highest BCUT2D eigenvalue weighted by molar-refractivity contribution is 7.99. The van der Waals surface area contributed by atoms with Gasteiger partial charge < -0.3 is 10.3 Å². The van der Waals surface area contributed by atoms with E-state index >= 15 is 0 Å². The fraction of sp³-hybridized carbons (Fsp3) is 0.250. The van der Waals surface area contributed by atoms with E-state index in [4.69, 9.17) is 5.73 Å². The van der Waals surface area contributed by atoms with E-state index in [1.807, 2.05) is 23.9 Å². The fourth-order valence-electron chi connectivity index (χ4n) is 1.57. The van der Waals surface area contributed by atoms with Gasteiger partial charge in [-0.1, -0.05) is 17.8 Å². The van der Waals surface area contributed by atoms with Crippen molar-refractivity contribution in [2.45, 2.75) is 16.5 Å². The minimum atomic E-state index is -0.199. The molecule has 0 saturated heterocycles. The largest absolute Gasteiger partial charge is 0.330 e. The third-order valence-electron chi connectivity index (χ3n) is 2.45. The van der Waals surface area contributed by atoms with Crippen LogP contribution in [0.25, 0.3) is 0 Å². The quantitative estimate of drug-likeness (QED) is 0.906. The van der Waals surface area contributed by atoms with E-state index in [1.165, 1.54) is 17.8 Å². The second kappa shape index (κ2) is 5.33. The molecule has 1 aromatic carbocycles. The lowest BCUT2D eigenvalue weighted by Gasteiger charge is -2.09. The van der Waals surface area contributed by atoms with Crippen molar-refractivity contribution >= 4 is 11.8 Å². The summed E-state index contributed by atoms with van der Waals surface area (Å²) < 4.78 is 15.6. The lowest BCUT2D eigenvalue weighted by atomic mass is 10.1. The zero-order chi connectivity index (χ0) is 12.3. The van der Waals surface area contributed by atoms with Gasteiger partial charge in [0, 0.05) is 29.9 Å². The van der Waals surface area contributed by atoms with Gasteiger partial charge in [0.1, 0.15) is 5.82 Å². The van der Waals surface area contributed by atoms with Gasteiger partial charge in [0.25, 0.3) is 0 Å². The lowest BCUT2D eigenvalue weighted by Crippen LogP contribution is -2.06. The van der Waals surface area contributed by atoms with Gasteiger partial charge in [0.15, 0.2) is 5.16 Å². The third kappa shape index (κ3) is 2.68. The van der Waals surface area contributed by atoms with Crippen molar-refractivity contribution in [1.29, 1.82) is 0 Å². The molecule has 90 valence electrons. The first-order valence-corrected chi connectivity index (χ1v) is 6.16. The average molecular weight is 251 g/mol. The molecule has 0 unspecified atom stereocenters. The van der Waals surface area contributed by atoms with Gasteiger partial charge >= 0.3 is 0 Å². The Morgan fingerprint density at radius 3 is 2.94 bits per heavy atom. The number of aromatic nitrogens is 2. The minimum Gasteiger partial charge on any atom is -0.330 e. The Kier molecular flexibility index (Phi) is 3.81. The number of rotatable bonds is 4. The molecule has 17 heavy (non-hydrogen) atoms. The van der Waals surface area contributed by atoms with Crippen LogP contribution < -0.4 is 5.73 Å². The minimum absolute atomic E-state index is 0.199. The summed E-state index contributed by atoms with van der Waals surface area (Å²) in [6.07, 6.45) is 4.13. The molecule has 0 atom stereocenters. The van der Waals surface area contributed by atoms with Crippen molar-refractivity contribution in [2.24, 2.45) is 12.8 Å². The molecule has 0 spiro atoms. The molecule has 1 heterocycles. The Morgan fingerprint density at radius 1 is 1.47 bits per heavy atom. The van der Waals surface area contributed by atoms with E-state index in [9.17, 15) is 4.39 Å². The summed E-state index contributed by atoms with van der Waals surface area (Å²) in [5.41, 5.74) is 6.17. The van der Waals surface area contributed by atoms with E-state index in [0.717, 1.165) is 10.1 Å². The molecule has 3 nitrogen and oxygen atoms in total. The highest BCUT2D eigenvalue weighted by atomic mass is 32.2. The molecule has 0 aliphatic heterocycles. The van der Waals surface area contributed by atoms with Crippen LogP contribution in [0.4, 0.5) is 4.39 Å². The van der Waals surface area contributed by atoms with Crippen molar-refractivity contribution in [1.82, 2.24) is 9.55 Å². The van der Waals surface area contributed by atoms with Gasteiger partial charge in [-0.05, 0) is 25.1 Å². The van der Waals surface area contributed by atoms with Crippen LogP contribution in [-0.2, 0) is 13.5 Å². The number of benzene rings is 1. The Balaban J connectivity index is 2.32. The van der Waals surface area contributed by atoms with E-state index in [2.05, 4.69) is 4.98 Å². The molecule has 2 N–H and O–H groups in total. The summed E-state index contributed by atoms with van der Waals surface area (Å²) in [5, 5.41) is 0.842. The van der Waals surface area contributed by atoms with Crippen LogP contribution >= 0.6 is 11.8 Å². The van der Waals surface area contributed by atoms with Gasteiger partial charge in [-0.15, -0.1) is 0 Å². The maximum atomic E-state index is 13.7. The van der Waals surface area contributed by atoms with Crippen LogP contribution in [0, 0.1) is 5.82 Å². The molecule has 0 amide bonds. The van der Waals surface area contributed by atoms with Crippen LogP contribution in [0.2, 0.25) is 0 Å². The van der Waals surface area contributed by atoms with E-state index in [-0.39, 0.29) is 5.82 Å². The van der Waals surface area contributed by atoms with Crippen LogP contribution in [0.5, 0.6) is 0 Å². The predicted octanol–water partition coefficient (Wildman–Crippen LogP) is 2.21. The Bertz CT molecular complexity index is 510. The van der Waals surface area contributed by atoms with Crippen LogP contribution in [-0.4, -0.2) is 16.1 Å². The van der Waals surface area contributed by atoms with Crippen molar-refractivity contribution in [2.75, 3.05) is 6.54 Å². The van der Waals surface area contributed by atoms with E-state index in [1.54, 1.807) is 12.3 Å². The lowest BCUT2D eigenvalue weighted by molar-refractivity contribution is 0.603. The second-order valence-electron chi connectivity index (χ2n) is 3.68. The molecule has 0 aliphatic carbocycles. The zero-order valence-electron chi connectivity index (χ0n) is 9.56. The summed E-state index contributed by atoms with van der Waals surface area (Å²) in [4.78, 5) is 5.09. The van der Waals surface area contributed by atoms with Gasteiger partial charge in [0.05, 0.1) is 0 Å². The molecule has 1 aromatic heterocycles. The number of hydrogen-bond acceptors (Lipinski definition) is 3. The molecule has 0 saturated carbocycles. The van der Waals surface area contributed by atoms with Gasteiger partial charge in [-0.2, -0.15) is 0 Å². The number of halogens is 1. The molecule has 2 rings (SSSR count).